The number of halogens is 1. The highest BCUT2D eigenvalue weighted by Crippen LogP contribution is 2.44. The standard InChI is InChI=1S/C29H35FN3O3/c30-24-11-13-25(14-12-24)35-26-19-33(17-15-21(26)16-18-33)20-27-31-32-28(36-27)29(34,22-7-3-1-4-8-22)23-9-5-2-6-10-23/h1,3-4,7-8,11-14,21,23,26,34H,2,5-6,9-10,15-20H2/q+1/t21?,26-,29-,33?/m0/s1. The Morgan fingerprint density at radius 2 is 1.67 bits per heavy atom. The van der Waals surface area contributed by atoms with E-state index in [1.807, 2.05) is 30.3 Å². The fourth-order valence-corrected chi connectivity index (χ4v) is 6.77. The van der Waals surface area contributed by atoms with Gasteiger partial charge in [0.15, 0.2) is 18.2 Å². The second-order valence-electron chi connectivity index (χ2n) is 11.0. The first kappa shape index (κ1) is 23.6. The SMILES string of the molecule is O[C@](c1ccccc1)(c1nnc(C[N+]23CCC(CC2)[C@@H](Oc2ccc(F)cc2)C3)o1)C1CCCCC1. The van der Waals surface area contributed by atoms with Crippen molar-refractivity contribution >= 4 is 0 Å². The molecule has 2 bridgehead atoms. The summed E-state index contributed by atoms with van der Waals surface area (Å²) in [6, 6.07) is 16.1. The van der Waals surface area contributed by atoms with Gasteiger partial charge in [0.2, 0.25) is 0 Å². The minimum atomic E-state index is -1.27. The molecule has 3 aromatic rings. The van der Waals surface area contributed by atoms with Gasteiger partial charge >= 0.3 is 0 Å². The van der Waals surface area contributed by atoms with Crippen molar-refractivity contribution in [3.05, 3.63) is 77.8 Å². The molecule has 7 heteroatoms. The van der Waals surface area contributed by atoms with Gasteiger partial charge in [-0.2, -0.15) is 0 Å². The van der Waals surface area contributed by atoms with Crippen LogP contribution >= 0.6 is 0 Å². The van der Waals surface area contributed by atoms with E-state index in [2.05, 4.69) is 10.2 Å². The number of rotatable bonds is 7. The van der Waals surface area contributed by atoms with Crippen molar-refractivity contribution in [3.8, 4) is 5.75 Å². The highest BCUT2D eigenvalue weighted by atomic mass is 19.1. The highest BCUT2D eigenvalue weighted by Gasteiger charge is 2.49. The summed E-state index contributed by atoms with van der Waals surface area (Å²) >= 11 is 0. The lowest BCUT2D eigenvalue weighted by molar-refractivity contribution is -0.959. The second-order valence-corrected chi connectivity index (χ2v) is 11.0. The minimum absolute atomic E-state index is 0.0632. The number of aliphatic hydroxyl groups is 1. The molecule has 1 aromatic heterocycles. The molecule has 4 aliphatic rings. The van der Waals surface area contributed by atoms with E-state index in [-0.39, 0.29) is 17.8 Å². The largest absolute Gasteiger partial charge is 0.484 e. The summed E-state index contributed by atoms with van der Waals surface area (Å²) < 4.78 is 26.8. The smallest absolute Gasteiger partial charge is 0.271 e. The first-order chi connectivity index (χ1) is 17.5. The van der Waals surface area contributed by atoms with E-state index in [1.54, 1.807) is 12.1 Å². The van der Waals surface area contributed by atoms with E-state index in [1.165, 1.54) is 18.6 Å². The number of ether oxygens (including phenoxy) is 1. The molecule has 0 amide bonds. The van der Waals surface area contributed by atoms with Crippen molar-refractivity contribution in [1.82, 2.24) is 10.2 Å². The monoisotopic (exact) mass is 492 g/mol. The normalized spacial score (nSPS) is 28.1. The van der Waals surface area contributed by atoms with Crippen LogP contribution in [-0.2, 0) is 12.1 Å². The maximum atomic E-state index is 13.3. The van der Waals surface area contributed by atoms with Gasteiger partial charge in [-0.05, 0) is 42.7 Å². The molecule has 0 radical (unpaired) electrons. The van der Waals surface area contributed by atoms with E-state index >= 15 is 0 Å². The average molecular weight is 493 g/mol. The maximum Gasteiger partial charge on any atom is 0.271 e. The Kier molecular flexibility index (Phi) is 6.30. The third-order valence-electron chi connectivity index (χ3n) is 8.82. The Bertz CT molecular complexity index is 1150. The molecular weight excluding hydrogens is 457 g/mol. The Labute approximate surface area is 211 Å². The molecule has 4 heterocycles. The fourth-order valence-electron chi connectivity index (χ4n) is 6.77. The molecule has 1 saturated carbocycles. The Morgan fingerprint density at radius 1 is 0.944 bits per heavy atom. The number of aromatic nitrogens is 2. The van der Waals surface area contributed by atoms with E-state index < -0.39 is 5.60 Å². The number of piperidine rings is 3. The fraction of sp³-hybridized carbons (Fsp3) is 0.517. The van der Waals surface area contributed by atoms with Crippen molar-refractivity contribution < 1.29 is 23.1 Å². The summed E-state index contributed by atoms with van der Waals surface area (Å²) in [6.07, 6.45) is 7.59. The summed E-state index contributed by atoms with van der Waals surface area (Å²) in [5.41, 5.74) is -0.443. The number of fused-ring (bicyclic) bond motifs is 3. The summed E-state index contributed by atoms with van der Waals surface area (Å²) in [5, 5.41) is 21.0. The molecule has 3 saturated heterocycles. The number of nitrogens with zero attached hydrogens (tertiary/aromatic N) is 3. The van der Waals surface area contributed by atoms with Gasteiger partial charge in [-0.15, -0.1) is 10.2 Å². The number of quaternary nitrogens is 1. The van der Waals surface area contributed by atoms with Crippen LogP contribution in [-0.4, -0.2) is 45.5 Å². The molecule has 4 fully saturated rings. The van der Waals surface area contributed by atoms with Crippen LogP contribution in [0, 0.1) is 17.7 Å². The van der Waals surface area contributed by atoms with Gasteiger partial charge < -0.3 is 18.7 Å². The molecule has 1 N–H and O–H groups in total. The van der Waals surface area contributed by atoms with E-state index in [0.29, 0.717) is 30.0 Å². The van der Waals surface area contributed by atoms with Gasteiger partial charge in [0.05, 0.1) is 13.1 Å². The Hall–Kier alpha value is -2.77. The number of hydrogen-bond donors (Lipinski definition) is 1. The van der Waals surface area contributed by atoms with Crippen molar-refractivity contribution in [1.29, 1.82) is 0 Å². The molecule has 2 atom stereocenters. The second kappa shape index (κ2) is 9.60. The number of hydrogen-bond acceptors (Lipinski definition) is 5. The molecule has 7 rings (SSSR count). The lowest BCUT2D eigenvalue weighted by Gasteiger charge is -2.51. The first-order valence-electron chi connectivity index (χ1n) is 13.4. The van der Waals surface area contributed by atoms with Crippen molar-refractivity contribution in [2.75, 3.05) is 19.6 Å². The van der Waals surface area contributed by atoms with Crippen LogP contribution in [0.3, 0.4) is 0 Å². The van der Waals surface area contributed by atoms with E-state index in [9.17, 15) is 9.50 Å². The maximum absolute atomic E-state index is 13.3. The highest BCUT2D eigenvalue weighted by molar-refractivity contribution is 5.29. The van der Waals surface area contributed by atoms with Gasteiger partial charge in [-0.1, -0.05) is 49.6 Å². The van der Waals surface area contributed by atoms with Crippen LogP contribution in [0.15, 0.2) is 59.0 Å². The zero-order chi connectivity index (χ0) is 24.6. The summed E-state index contributed by atoms with van der Waals surface area (Å²) in [5.74, 6) is 1.94. The van der Waals surface area contributed by atoms with Crippen LogP contribution in [0.2, 0.25) is 0 Å². The lowest BCUT2D eigenvalue weighted by Crippen LogP contribution is -2.64. The van der Waals surface area contributed by atoms with E-state index in [4.69, 9.17) is 9.15 Å². The van der Waals surface area contributed by atoms with Crippen LogP contribution in [0.4, 0.5) is 4.39 Å². The summed E-state index contributed by atoms with van der Waals surface area (Å²) in [6.45, 7) is 3.61. The van der Waals surface area contributed by atoms with Crippen molar-refractivity contribution in [2.45, 2.75) is 63.2 Å². The Balaban J connectivity index is 1.23. The molecular formula is C29H35FN3O3+. The Morgan fingerprint density at radius 3 is 2.39 bits per heavy atom. The molecule has 0 unspecified atom stereocenters. The molecule has 0 spiro atoms. The van der Waals surface area contributed by atoms with Gasteiger partial charge in [0, 0.05) is 24.7 Å². The molecule has 190 valence electrons. The molecule has 36 heavy (non-hydrogen) atoms. The topological polar surface area (TPSA) is 68.4 Å². The quantitative estimate of drug-likeness (QED) is 0.459. The number of benzene rings is 2. The predicted molar refractivity (Wildman–Crippen MR) is 132 cm³/mol. The van der Waals surface area contributed by atoms with E-state index in [0.717, 1.165) is 68.2 Å². The van der Waals surface area contributed by atoms with Gasteiger partial charge in [0.25, 0.3) is 11.8 Å². The first-order valence-corrected chi connectivity index (χ1v) is 13.4. The third-order valence-corrected chi connectivity index (χ3v) is 8.82. The van der Waals surface area contributed by atoms with Crippen LogP contribution in [0.1, 0.15) is 62.3 Å². The van der Waals surface area contributed by atoms with Crippen LogP contribution < -0.4 is 4.74 Å². The van der Waals surface area contributed by atoms with Gasteiger partial charge in [-0.3, -0.25) is 0 Å². The predicted octanol–water partition coefficient (Wildman–Crippen LogP) is 5.21. The van der Waals surface area contributed by atoms with Gasteiger partial charge in [-0.25, -0.2) is 4.39 Å². The lowest BCUT2D eigenvalue weighted by atomic mass is 9.73. The third kappa shape index (κ3) is 4.43. The minimum Gasteiger partial charge on any atom is -0.484 e. The molecule has 6 nitrogen and oxygen atoms in total. The molecule has 3 aliphatic heterocycles. The molecule has 1 aliphatic carbocycles. The zero-order valence-corrected chi connectivity index (χ0v) is 20.7. The van der Waals surface area contributed by atoms with Crippen molar-refractivity contribution in [3.63, 3.8) is 0 Å². The summed E-state index contributed by atoms with van der Waals surface area (Å²) in [7, 11) is 0. The van der Waals surface area contributed by atoms with Crippen molar-refractivity contribution in [2.24, 2.45) is 11.8 Å². The zero-order valence-electron chi connectivity index (χ0n) is 20.7. The molecule has 2 aromatic carbocycles. The average Bonchev–Trinajstić information content (AvgIpc) is 3.39. The van der Waals surface area contributed by atoms with Gasteiger partial charge in [0.1, 0.15) is 18.1 Å². The summed E-state index contributed by atoms with van der Waals surface area (Å²) in [4.78, 5) is 0. The van der Waals surface area contributed by atoms with Crippen LogP contribution in [0.25, 0.3) is 0 Å². The van der Waals surface area contributed by atoms with Crippen LogP contribution in [0.5, 0.6) is 5.75 Å².